The Hall–Kier alpha value is -0.460. The molecule has 0 radical (unpaired) electrons. The summed E-state index contributed by atoms with van der Waals surface area (Å²) in [5.74, 6) is -4.85. The van der Waals surface area contributed by atoms with Gasteiger partial charge in [-0.15, -0.1) is 0 Å². The van der Waals surface area contributed by atoms with Crippen molar-refractivity contribution in [3.05, 3.63) is 0 Å². The van der Waals surface area contributed by atoms with Gasteiger partial charge in [0.15, 0.2) is 0 Å². The molecule has 14 heavy (non-hydrogen) atoms. The normalized spacial score (nSPS) is 20.4. The number of halogens is 6. The maximum atomic E-state index is 12.7. The van der Waals surface area contributed by atoms with Gasteiger partial charge in [-0.2, -0.15) is 22.0 Å². The Bertz CT molecular complexity index is 197. The van der Waals surface area contributed by atoms with Crippen LogP contribution in [-0.2, 0) is 0 Å². The van der Waals surface area contributed by atoms with Crippen molar-refractivity contribution in [1.29, 1.82) is 0 Å². The van der Waals surface area contributed by atoms with Crippen LogP contribution in [0, 0.1) is 0 Å². The number of hydrogen-bond donors (Lipinski definition) is 1. The van der Waals surface area contributed by atoms with E-state index in [2.05, 4.69) is 0 Å². The molecule has 1 nitrogen and oxygen atoms in total. The van der Waals surface area contributed by atoms with Crippen molar-refractivity contribution in [2.45, 2.75) is 44.1 Å². The average Bonchev–Trinajstić information content (AvgIpc) is 2.01. The fourth-order valence-electron chi connectivity index (χ4n) is 0.714. The first kappa shape index (κ1) is 13.5. The third-order valence-electron chi connectivity index (χ3n) is 2.01. The van der Waals surface area contributed by atoms with Crippen LogP contribution in [0.25, 0.3) is 0 Å². The summed E-state index contributed by atoms with van der Waals surface area (Å²) >= 11 is 0. The third kappa shape index (κ3) is 2.31. The fraction of sp³-hybridized carbons (Fsp3) is 1.00. The lowest BCUT2D eigenvalue weighted by Gasteiger charge is -2.34. The van der Waals surface area contributed by atoms with Gasteiger partial charge in [0.25, 0.3) is 6.17 Å². The minimum atomic E-state index is -5.68. The van der Waals surface area contributed by atoms with Crippen LogP contribution in [0.1, 0.15) is 20.3 Å². The van der Waals surface area contributed by atoms with Gasteiger partial charge < -0.3 is 5.11 Å². The molecule has 0 aromatic carbocycles. The van der Waals surface area contributed by atoms with Gasteiger partial charge in [-0.05, 0) is 13.3 Å². The maximum Gasteiger partial charge on any atom is 0.425 e. The minimum Gasteiger partial charge on any atom is -0.384 e. The van der Waals surface area contributed by atoms with E-state index in [0.29, 0.717) is 6.92 Å². The Labute approximate surface area is 76.7 Å². The molecule has 2 unspecified atom stereocenters. The molecule has 0 bridgehead atoms. The van der Waals surface area contributed by atoms with Crippen LogP contribution in [0.4, 0.5) is 26.3 Å². The van der Waals surface area contributed by atoms with Crippen LogP contribution in [-0.4, -0.2) is 29.0 Å². The van der Waals surface area contributed by atoms with Crippen LogP contribution in [0.3, 0.4) is 0 Å². The van der Waals surface area contributed by atoms with Gasteiger partial charge in [0.05, 0.1) is 0 Å². The fourth-order valence-corrected chi connectivity index (χ4v) is 0.714. The zero-order chi connectivity index (χ0) is 11.8. The smallest absolute Gasteiger partial charge is 0.384 e. The van der Waals surface area contributed by atoms with Gasteiger partial charge in [-0.3, -0.25) is 0 Å². The summed E-state index contributed by atoms with van der Waals surface area (Å²) < 4.78 is 72.8. The first-order chi connectivity index (χ1) is 5.97. The average molecular weight is 224 g/mol. The van der Waals surface area contributed by atoms with Crippen LogP contribution in [0.5, 0.6) is 0 Å². The Morgan fingerprint density at radius 3 is 1.71 bits per heavy atom. The SMILES string of the molecule is CCC(C)(O)C(F)(F)C(F)C(F)(F)F. The van der Waals surface area contributed by atoms with Gasteiger partial charge in [0.2, 0.25) is 0 Å². The summed E-state index contributed by atoms with van der Waals surface area (Å²) in [4.78, 5) is 0. The highest BCUT2D eigenvalue weighted by Crippen LogP contribution is 2.42. The Morgan fingerprint density at radius 1 is 1.14 bits per heavy atom. The summed E-state index contributed by atoms with van der Waals surface area (Å²) in [6.45, 7) is 1.50. The van der Waals surface area contributed by atoms with E-state index >= 15 is 0 Å². The predicted molar refractivity (Wildman–Crippen MR) is 36.8 cm³/mol. The minimum absolute atomic E-state index is 0.464. The second-order valence-corrected chi connectivity index (χ2v) is 3.15. The van der Waals surface area contributed by atoms with Crippen molar-refractivity contribution >= 4 is 0 Å². The van der Waals surface area contributed by atoms with Crippen molar-refractivity contribution < 1.29 is 31.4 Å². The monoisotopic (exact) mass is 224 g/mol. The lowest BCUT2D eigenvalue weighted by atomic mass is 9.91. The molecule has 0 aliphatic heterocycles. The van der Waals surface area contributed by atoms with Gasteiger partial charge in [0, 0.05) is 0 Å². The van der Waals surface area contributed by atoms with Crippen LogP contribution >= 0.6 is 0 Å². The molecule has 0 fully saturated rings. The van der Waals surface area contributed by atoms with E-state index in [1.807, 2.05) is 0 Å². The Morgan fingerprint density at radius 2 is 1.50 bits per heavy atom. The molecule has 86 valence electrons. The van der Waals surface area contributed by atoms with E-state index in [1.54, 1.807) is 0 Å². The lowest BCUT2D eigenvalue weighted by molar-refractivity contribution is -0.290. The van der Waals surface area contributed by atoms with Crippen molar-refractivity contribution in [3.8, 4) is 0 Å². The second kappa shape index (κ2) is 3.60. The highest BCUT2D eigenvalue weighted by molar-refractivity contribution is 4.96. The van der Waals surface area contributed by atoms with Crippen molar-refractivity contribution in [3.63, 3.8) is 0 Å². The molecule has 0 rings (SSSR count). The quantitative estimate of drug-likeness (QED) is 0.730. The van der Waals surface area contributed by atoms with E-state index in [-0.39, 0.29) is 0 Å². The van der Waals surface area contributed by atoms with Gasteiger partial charge in [-0.1, -0.05) is 6.92 Å². The van der Waals surface area contributed by atoms with Gasteiger partial charge >= 0.3 is 12.1 Å². The molecule has 0 aliphatic rings. The highest BCUT2D eigenvalue weighted by Gasteiger charge is 2.64. The zero-order valence-electron chi connectivity index (χ0n) is 7.50. The molecule has 0 aliphatic carbocycles. The van der Waals surface area contributed by atoms with E-state index in [4.69, 9.17) is 5.11 Å². The second-order valence-electron chi connectivity index (χ2n) is 3.15. The van der Waals surface area contributed by atoms with Crippen molar-refractivity contribution in [1.82, 2.24) is 0 Å². The number of alkyl halides is 6. The van der Waals surface area contributed by atoms with E-state index < -0.39 is 30.3 Å². The third-order valence-corrected chi connectivity index (χ3v) is 2.01. The van der Waals surface area contributed by atoms with Crippen LogP contribution in [0.15, 0.2) is 0 Å². The molecule has 2 atom stereocenters. The summed E-state index contributed by atoms with van der Waals surface area (Å²) in [6.07, 6.45) is -10.7. The van der Waals surface area contributed by atoms with E-state index in [1.165, 1.54) is 0 Å². The lowest BCUT2D eigenvalue weighted by Crippen LogP contribution is -2.56. The largest absolute Gasteiger partial charge is 0.425 e. The number of rotatable bonds is 3. The summed E-state index contributed by atoms with van der Waals surface area (Å²) in [7, 11) is 0. The first-order valence-electron chi connectivity index (χ1n) is 3.77. The molecule has 0 saturated carbocycles. The first-order valence-corrected chi connectivity index (χ1v) is 3.77. The van der Waals surface area contributed by atoms with Crippen molar-refractivity contribution in [2.75, 3.05) is 0 Å². The standard InChI is InChI=1S/C7H10F6O/c1-3-5(2,14)6(9,10)4(8)7(11,12)13/h4,14H,3H2,1-2H3. The van der Waals surface area contributed by atoms with Crippen molar-refractivity contribution in [2.24, 2.45) is 0 Å². The molecule has 0 spiro atoms. The number of aliphatic hydroxyl groups is 1. The molecule has 0 heterocycles. The van der Waals surface area contributed by atoms with Gasteiger partial charge in [0.1, 0.15) is 5.60 Å². The summed E-state index contributed by atoms with van der Waals surface area (Å²) in [5, 5.41) is 8.89. The zero-order valence-corrected chi connectivity index (χ0v) is 7.50. The molecule has 0 aromatic rings. The van der Waals surface area contributed by atoms with Gasteiger partial charge in [-0.25, -0.2) is 4.39 Å². The predicted octanol–water partition coefficient (Wildman–Crippen LogP) is 2.68. The molecule has 0 aromatic heterocycles. The maximum absolute atomic E-state index is 12.7. The Kier molecular flexibility index (Phi) is 3.48. The topological polar surface area (TPSA) is 20.2 Å². The molecule has 1 N–H and O–H groups in total. The highest BCUT2D eigenvalue weighted by atomic mass is 19.4. The molecular weight excluding hydrogens is 214 g/mol. The summed E-state index contributed by atoms with van der Waals surface area (Å²) in [6, 6.07) is 0. The van der Waals surface area contributed by atoms with Crippen LogP contribution in [0.2, 0.25) is 0 Å². The number of hydrogen-bond acceptors (Lipinski definition) is 1. The Balaban J connectivity index is 4.96. The molecular formula is C7H10F6O. The van der Waals surface area contributed by atoms with E-state index in [0.717, 1.165) is 6.92 Å². The molecule has 0 saturated heterocycles. The van der Waals surface area contributed by atoms with Crippen LogP contribution < -0.4 is 0 Å². The van der Waals surface area contributed by atoms with E-state index in [9.17, 15) is 26.3 Å². The summed E-state index contributed by atoms with van der Waals surface area (Å²) in [5.41, 5.74) is -3.01. The molecule has 7 heteroatoms. The molecule has 0 amide bonds.